The van der Waals surface area contributed by atoms with E-state index in [4.69, 9.17) is 0 Å². The molecule has 0 aromatic carbocycles. The Morgan fingerprint density at radius 1 is 1.44 bits per heavy atom. The summed E-state index contributed by atoms with van der Waals surface area (Å²) < 4.78 is 1.90. The van der Waals surface area contributed by atoms with Crippen LogP contribution in [-0.2, 0) is 13.5 Å². The normalized spacial score (nSPS) is 15.8. The van der Waals surface area contributed by atoms with Crippen LogP contribution in [-0.4, -0.2) is 17.0 Å². The van der Waals surface area contributed by atoms with Crippen LogP contribution in [0.3, 0.4) is 0 Å². The molecule has 84 valence electrons. The Kier molecular flexibility index (Phi) is 2.95. The minimum atomic E-state index is 0.0365. The van der Waals surface area contributed by atoms with Crippen LogP contribution in [0, 0.1) is 0 Å². The lowest BCUT2D eigenvalue weighted by atomic mass is 10.0. The maximum absolute atomic E-state index is 11.7. The average molecular weight is 216 g/mol. The first-order chi connectivity index (χ1) is 7.74. The number of hydrogen-bond donors (Lipinski definition) is 1. The standard InChI is InChI=1S/C13H16N2O/c1-3-4-5-6-10-9-15(2)12-11(10)7-8-14-13(12)16/h3-6,9H,7-8H2,1-2H3,(H,14,16). The van der Waals surface area contributed by atoms with E-state index < -0.39 is 0 Å². The fourth-order valence-corrected chi connectivity index (χ4v) is 2.06. The third kappa shape index (κ3) is 1.81. The third-order valence-corrected chi connectivity index (χ3v) is 2.77. The molecular weight excluding hydrogens is 200 g/mol. The lowest BCUT2D eigenvalue weighted by Crippen LogP contribution is -2.33. The van der Waals surface area contributed by atoms with Gasteiger partial charge in [0.15, 0.2) is 0 Å². The van der Waals surface area contributed by atoms with Crippen molar-refractivity contribution < 1.29 is 4.79 Å². The largest absolute Gasteiger partial charge is 0.350 e. The Morgan fingerprint density at radius 3 is 3.00 bits per heavy atom. The zero-order valence-electron chi connectivity index (χ0n) is 9.66. The number of hydrogen-bond acceptors (Lipinski definition) is 1. The molecule has 2 heterocycles. The number of aryl methyl sites for hydroxylation is 1. The third-order valence-electron chi connectivity index (χ3n) is 2.77. The van der Waals surface area contributed by atoms with Crippen molar-refractivity contribution in [2.24, 2.45) is 7.05 Å². The summed E-state index contributed by atoms with van der Waals surface area (Å²) in [6.07, 6.45) is 11.0. The highest BCUT2D eigenvalue weighted by molar-refractivity contribution is 5.96. The predicted octanol–water partition coefficient (Wildman–Crippen LogP) is 1.90. The van der Waals surface area contributed by atoms with Gasteiger partial charge in [-0.1, -0.05) is 24.3 Å². The van der Waals surface area contributed by atoms with Crippen LogP contribution in [0.25, 0.3) is 6.08 Å². The quantitative estimate of drug-likeness (QED) is 0.753. The van der Waals surface area contributed by atoms with Gasteiger partial charge in [-0.25, -0.2) is 0 Å². The Hall–Kier alpha value is -1.77. The second kappa shape index (κ2) is 4.39. The van der Waals surface area contributed by atoms with Crippen LogP contribution in [0.15, 0.2) is 24.4 Å². The van der Waals surface area contributed by atoms with Gasteiger partial charge in [-0.3, -0.25) is 4.79 Å². The van der Waals surface area contributed by atoms with Gasteiger partial charge in [-0.05, 0) is 24.5 Å². The van der Waals surface area contributed by atoms with E-state index >= 15 is 0 Å². The van der Waals surface area contributed by atoms with E-state index in [0.29, 0.717) is 0 Å². The lowest BCUT2D eigenvalue weighted by Gasteiger charge is -2.14. The van der Waals surface area contributed by atoms with Crippen molar-refractivity contribution in [1.29, 1.82) is 0 Å². The first-order valence-electron chi connectivity index (χ1n) is 5.49. The van der Waals surface area contributed by atoms with Gasteiger partial charge in [0.1, 0.15) is 5.69 Å². The number of nitrogens with one attached hydrogen (secondary N) is 1. The summed E-state index contributed by atoms with van der Waals surface area (Å²) in [4.78, 5) is 11.7. The molecule has 1 N–H and O–H groups in total. The first-order valence-corrected chi connectivity index (χ1v) is 5.49. The van der Waals surface area contributed by atoms with Gasteiger partial charge < -0.3 is 9.88 Å². The van der Waals surface area contributed by atoms with E-state index in [2.05, 4.69) is 11.4 Å². The van der Waals surface area contributed by atoms with Gasteiger partial charge in [0.2, 0.25) is 0 Å². The Bertz CT molecular complexity index is 467. The monoisotopic (exact) mass is 216 g/mol. The van der Waals surface area contributed by atoms with Crippen LogP contribution in [0.5, 0.6) is 0 Å². The van der Waals surface area contributed by atoms with Crippen LogP contribution in [0.4, 0.5) is 0 Å². The van der Waals surface area contributed by atoms with Crippen molar-refractivity contribution in [3.05, 3.63) is 41.2 Å². The average Bonchev–Trinajstić information content (AvgIpc) is 2.58. The van der Waals surface area contributed by atoms with Crippen molar-refractivity contribution >= 4 is 12.0 Å². The Morgan fingerprint density at radius 2 is 2.25 bits per heavy atom. The van der Waals surface area contributed by atoms with E-state index in [0.717, 1.165) is 29.8 Å². The summed E-state index contributed by atoms with van der Waals surface area (Å²) in [6.45, 7) is 2.72. The van der Waals surface area contributed by atoms with Gasteiger partial charge in [-0.2, -0.15) is 0 Å². The maximum Gasteiger partial charge on any atom is 0.268 e. The molecular formula is C13H16N2O. The van der Waals surface area contributed by atoms with E-state index in [9.17, 15) is 4.79 Å². The van der Waals surface area contributed by atoms with Crippen molar-refractivity contribution in [3.8, 4) is 0 Å². The number of aromatic nitrogens is 1. The summed E-state index contributed by atoms with van der Waals surface area (Å²) in [5, 5.41) is 2.86. The maximum atomic E-state index is 11.7. The highest BCUT2D eigenvalue weighted by Gasteiger charge is 2.22. The lowest BCUT2D eigenvalue weighted by molar-refractivity contribution is 0.0937. The number of rotatable bonds is 2. The minimum Gasteiger partial charge on any atom is -0.350 e. The molecule has 0 spiro atoms. The van der Waals surface area contributed by atoms with E-state index in [1.54, 1.807) is 0 Å². The predicted molar refractivity (Wildman–Crippen MR) is 65.3 cm³/mol. The van der Waals surface area contributed by atoms with Crippen molar-refractivity contribution in [1.82, 2.24) is 9.88 Å². The Balaban J connectivity index is 2.41. The molecule has 0 saturated heterocycles. The molecule has 2 rings (SSSR count). The number of amides is 1. The molecule has 3 nitrogen and oxygen atoms in total. The molecule has 3 heteroatoms. The number of fused-ring (bicyclic) bond motifs is 1. The van der Waals surface area contributed by atoms with Gasteiger partial charge >= 0.3 is 0 Å². The summed E-state index contributed by atoms with van der Waals surface area (Å²) in [5.74, 6) is 0.0365. The van der Waals surface area contributed by atoms with E-state index in [1.807, 2.05) is 43.0 Å². The van der Waals surface area contributed by atoms with Gasteiger partial charge in [-0.15, -0.1) is 0 Å². The number of nitrogens with zero attached hydrogens (tertiary/aromatic N) is 1. The summed E-state index contributed by atoms with van der Waals surface area (Å²) in [5.41, 5.74) is 3.10. The molecule has 1 aliphatic rings. The van der Waals surface area contributed by atoms with Crippen LogP contribution in [0.1, 0.15) is 28.5 Å². The van der Waals surface area contributed by atoms with Crippen LogP contribution < -0.4 is 5.32 Å². The molecule has 0 atom stereocenters. The van der Waals surface area contributed by atoms with Crippen LogP contribution in [0.2, 0.25) is 0 Å². The number of carbonyl (C=O) groups is 1. The molecule has 16 heavy (non-hydrogen) atoms. The van der Waals surface area contributed by atoms with Gasteiger partial charge in [0, 0.05) is 19.8 Å². The molecule has 1 aromatic heterocycles. The smallest absolute Gasteiger partial charge is 0.268 e. The Labute approximate surface area is 95.5 Å². The molecule has 0 aliphatic carbocycles. The van der Waals surface area contributed by atoms with Crippen molar-refractivity contribution in [3.63, 3.8) is 0 Å². The molecule has 0 bridgehead atoms. The molecule has 1 aromatic rings. The molecule has 0 unspecified atom stereocenters. The number of carbonyl (C=O) groups excluding carboxylic acids is 1. The fraction of sp³-hybridized carbons (Fsp3) is 0.308. The zero-order chi connectivity index (χ0) is 11.5. The zero-order valence-corrected chi connectivity index (χ0v) is 9.66. The summed E-state index contributed by atoms with van der Waals surface area (Å²) >= 11 is 0. The van der Waals surface area contributed by atoms with E-state index in [1.165, 1.54) is 0 Å². The fourth-order valence-electron chi connectivity index (χ4n) is 2.06. The molecule has 0 saturated carbocycles. The van der Waals surface area contributed by atoms with Crippen molar-refractivity contribution in [2.75, 3.05) is 6.54 Å². The molecule has 0 fully saturated rings. The van der Waals surface area contributed by atoms with Gasteiger partial charge in [0.25, 0.3) is 5.91 Å². The summed E-state index contributed by atoms with van der Waals surface area (Å²) in [7, 11) is 1.91. The minimum absolute atomic E-state index is 0.0365. The number of allylic oxidation sites excluding steroid dienone is 3. The highest BCUT2D eigenvalue weighted by Crippen LogP contribution is 2.21. The van der Waals surface area contributed by atoms with Crippen LogP contribution >= 0.6 is 0 Å². The first kappa shape index (κ1) is 10.7. The second-order valence-corrected chi connectivity index (χ2v) is 3.91. The van der Waals surface area contributed by atoms with E-state index in [-0.39, 0.29) is 5.91 Å². The molecule has 1 aliphatic heterocycles. The summed E-state index contributed by atoms with van der Waals surface area (Å²) in [6, 6.07) is 0. The highest BCUT2D eigenvalue weighted by atomic mass is 16.2. The molecule has 0 radical (unpaired) electrons. The topological polar surface area (TPSA) is 34.0 Å². The SMILES string of the molecule is CC=CC=Cc1cn(C)c2c1CCNC2=O. The van der Waals surface area contributed by atoms with Crippen molar-refractivity contribution in [2.45, 2.75) is 13.3 Å². The molecule has 1 amide bonds. The van der Waals surface area contributed by atoms with Gasteiger partial charge in [0.05, 0.1) is 0 Å². The second-order valence-electron chi connectivity index (χ2n) is 3.91.